The van der Waals surface area contributed by atoms with Crippen molar-refractivity contribution >= 4 is 22.5 Å². The summed E-state index contributed by atoms with van der Waals surface area (Å²) in [6.45, 7) is 2.26. The van der Waals surface area contributed by atoms with E-state index in [4.69, 9.17) is 4.42 Å². The highest BCUT2D eigenvalue weighted by Crippen LogP contribution is 2.23. The van der Waals surface area contributed by atoms with E-state index >= 15 is 0 Å². The molecule has 3 rings (SSSR count). The number of anilines is 1. The van der Waals surface area contributed by atoms with Crippen molar-refractivity contribution in [3.63, 3.8) is 0 Å². The molecule has 2 heterocycles. The Morgan fingerprint density at radius 1 is 0.900 bits per heavy atom. The molecule has 0 fully saturated rings. The predicted octanol–water partition coefficient (Wildman–Crippen LogP) is 7.54. The largest absolute Gasteiger partial charge is 0.459 e. The second-order valence-electron chi connectivity index (χ2n) is 8.04. The van der Waals surface area contributed by atoms with E-state index in [0.29, 0.717) is 11.4 Å². The second kappa shape index (κ2) is 12.2. The molecule has 0 saturated carbocycles. The molecule has 0 unspecified atom stereocenters. The van der Waals surface area contributed by atoms with Crippen molar-refractivity contribution in [2.75, 3.05) is 5.32 Å². The third-order valence-electron chi connectivity index (χ3n) is 5.63. The summed E-state index contributed by atoms with van der Waals surface area (Å²) in [7, 11) is 0. The summed E-state index contributed by atoms with van der Waals surface area (Å²) in [6, 6.07) is 11.6. The van der Waals surface area contributed by atoms with Crippen LogP contribution in [-0.2, 0) is 6.42 Å². The summed E-state index contributed by atoms with van der Waals surface area (Å²) in [5, 5.41) is 3.97. The Bertz CT molecular complexity index is 911. The summed E-state index contributed by atoms with van der Waals surface area (Å²) >= 11 is 0. The number of nitrogens with zero attached hydrogens (tertiary/aromatic N) is 1. The zero-order valence-electron chi connectivity index (χ0n) is 18.2. The Morgan fingerprint density at radius 2 is 1.60 bits per heavy atom. The highest BCUT2D eigenvalue weighted by molar-refractivity contribution is 6.07. The maximum Gasteiger partial charge on any atom is 0.291 e. The Labute approximate surface area is 180 Å². The molecule has 1 N–H and O–H groups in total. The van der Waals surface area contributed by atoms with Crippen LogP contribution in [0, 0.1) is 0 Å². The van der Waals surface area contributed by atoms with Gasteiger partial charge >= 0.3 is 0 Å². The van der Waals surface area contributed by atoms with Gasteiger partial charge in [-0.3, -0.25) is 9.78 Å². The summed E-state index contributed by atoms with van der Waals surface area (Å²) in [5.41, 5.74) is 2.48. The number of hydrogen-bond acceptors (Lipinski definition) is 3. The van der Waals surface area contributed by atoms with Gasteiger partial charge in [0.15, 0.2) is 5.76 Å². The molecule has 160 valence electrons. The molecular formula is C26H34N2O2. The van der Waals surface area contributed by atoms with Crippen molar-refractivity contribution in [2.24, 2.45) is 0 Å². The van der Waals surface area contributed by atoms with Crippen LogP contribution in [0.3, 0.4) is 0 Å². The standard InChI is InChI=1S/C26H34N2O2/c1-2-3-4-5-6-7-8-9-10-11-14-22-18-20-30-25(22)26(29)28-23-17-12-15-21-16-13-19-27-24(21)23/h12-13,15-20H,2-11,14H2,1H3,(H,28,29). The van der Waals surface area contributed by atoms with E-state index in [1.54, 1.807) is 12.5 Å². The number of hydrogen-bond donors (Lipinski definition) is 1. The first-order chi connectivity index (χ1) is 14.8. The van der Waals surface area contributed by atoms with E-state index in [0.717, 1.165) is 29.3 Å². The quantitative estimate of drug-likeness (QED) is 0.298. The molecule has 1 aromatic carbocycles. The maximum atomic E-state index is 12.8. The highest BCUT2D eigenvalue weighted by atomic mass is 16.3. The van der Waals surface area contributed by atoms with Crippen molar-refractivity contribution in [3.8, 4) is 0 Å². The molecule has 4 heteroatoms. The summed E-state index contributed by atoms with van der Waals surface area (Å²) < 4.78 is 5.52. The van der Waals surface area contributed by atoms with Crippen molar-refractivity contribution in [2.45, 2.75) is 77.6 Å². The fourth-order valence-corrected chi connectivity index (χ4v) is 3.92. The number of benzene rings is 1. The van der Waals surface area contributed by atoms with Crippen LogP contribution in [-0.4, -0.2) is 10.9 Å². The van der Waals surface area contributed by atoms with Gasteiger partial charge in [0.2, 0.25) is 0 Å². The fourth-order valence-electron chi connectivity index (χ4n) is 3.92. The number of amides is 1. The van der Waals surface area contributed by atoms with Crippen LogP contribution in [0.5, 0.6) is 0 Å². The van der Waals surface area contributed by atoms with E-state index in [1.807, 2.05) is 36.4 Å². The molecule has 4 nitrogen and oxygen atoms in total. The molecular weight excluding hydrogens is 372 g/mol. The van der Waals surface area contributed by atoms with E-state index in [1.165, 1.54) is 57.8 Å². The first kappa shape index (κ1) is 22.1. The van der Waals surface area contributed by atoms with Crippen molar-refractivity contribution in [3.05, 3.63) is 60.2 Å². The van der Waals surface area contributed by atoms with Crippen molar-refractivity contribution in [1.29, 1.82) is 0 Å². The van der Waals surface area contributed by atoms with Crippen molar-refractivity contribution < 1.29 is 9.21 Å². The summed E-state index contributed by atoms with van der Waals surface area (Å²) in [4.78, 5) is 17.2. The van der Waals surface area contributed by atoms with E-state index in [-0.39, 0.29) is 5.91 Å². The maximum absolute atomic E-state index is 12.8. The molecule has 0 bridgehead atoms. The van der Waals surface area contributed by atoms with Gasteiger partial charge < -0.3 is 9.73 Å². The molecule has 2 aromatic heterocycles. The van der Waals surface area contributed by atoms with Gasteiger partial charge in [-0.05, 0) is 31.0 Å². The average Bonchev–Trinajstić information content (AvgIpc) is 3.24. The number of unbranched alkanes of at least 4 members (excludes halogenated alkanes) is 9. The normalized spacial score (nSPS) is 11.1. The van der Waals surface area contributed by atoms with Gasteiger partial charge in [-0.1, -0.05) is 82.9 Å². The predicted molar refractivity (Wildman–Crippen MR) is 124 cm³/mol. The Balaban J connectivity index is 1.43. The van der Waals surface area contributed by atoms with Gasteiger partial charge in [0.25, 0.3) is 5.91 Å². The van der Waals surface area contributed by atoms with Crippen LogP contribution < -0.4 is 5.32 Å². The minimum atomic E-state index is -0.208. The molecule has 0 atom stereocenters. The number of pyridine rings is 1. The Kier molecular flexibility index (Phi) is 8.95. The molecule has 0 aliphatic heterocycles. The number of para-hydroxylation sites is 1. The van der Waals surface area contributed by atoms with Crippen LogP contribution in [0.2, 0.25) is 0 Å². The topological polar surface area (TPSA) is 55.1 Å². The minimum absolute atomic E-state index is 0.208. The van der Waals surface area contributed by atoms with Gasteiger partial charge in [0.05, 0.1) is 17.5 Å². The number of carbonyl (C=O) groups excluding carboxylic acids is 1. The molecule has 0 radical (unpaired) electrons. The zero-order chi connectivity index (χ0) is 21.0. The first-order valence-corrected chi connectivity index (χ1v) is 11.5. The number of aryl methyl sites for hydroxylation is 1. The van der Waals surface area contributed by atoms with E-state index in [9.17, 15) is 4.79 Å². The lowest BCUT2D eigenvalue weighted by molar-refractivity contribution is 0.0995. The lowest BCUT2D eigenvalue weighted by Crippen LogP contribution is -2.13. The van der Waals surface area contributed by atoms with Gasteiger partial charge in [0, 0.05) is 17.1 Å². The van der Waals surface area contributed by atoms with Crippen LogP contribution in [0.1, 0.15) is 87.3 Å². The SMILES string of the molecule is CCCCCCCCCCCCc1ccoc1C(=O)Nc1cccc2cccnc12. The third-order valence-corrected chi connectivity index (χ3v) is 5.63. The smallest absolute Gasteiger partial charge is 0.291 e. The molecule has 3 aromatic rings. The summed E-state index contributed by atoms with van der Waals surface area (Å²) in [6.07, 6.45) is 17.3. The van der Waals surface area contributed by atoms with Crippen molar-refractivity contribution in [1.82, 2.24) is 4.98 Å². The Hall–Kier alpha value is -2.62. The number of aromatic nitrogens is 1. The minimum Gasteiger partial charge on any atom is -0.459 e. The molecule has 0 aliphatic carbocycles. The molecule has 0 saturated heterocycles. The highest BCUT2D eigenvalue weighted by Gasteiger charge is 2.16. The second-order valence-corrected chi connectivity index (χ2v) is 8.04. The van der Waals surface area contributed by atoms with E-state index < -0.39 is 0 Å². The number of nitrogens with one attached hydrogen (secondary N) is 1. The van der Waals surface area contributed by atoms with Gasteiger partial charge in [-0.2, -0.15) is 0 Å². The molecule has 30 heavy (non-hydrogen) atoms. The average molecular weight is 407 g/mol. The molecule has 0 aliphatic rings. The molecule has 0 spiro atoms. The van der Waals surface area contributed by atoms with Crippen LogP contribution >= 0.6 is 0 Å². The number of fused-ring (bicyclic) bond motifs is 1. The number of carbonyl (C=O) groups is 1. The van der Waals surface area contributed by atoms with Gasteiger partial charge in [0.1, 0.15) is 0 Å². The monoisotopic (exact) mass is 406 g/mol. The molecule has 1 amide bonds. The number of furan rings is 1. The lowest BCUT2D eigenvalue weighted by Gasteiger charge is -2.08. The van der Waals surface area contributed by atoms with Crippen LogP contribution in [0.15, 0.2) is 53.3 Å². The Morgan fingerprint density at radius 3 is 2.37 bits per heavy atom. The van der Waals surface area contributed by atoms with Gasteiger partial charge in [-0.25, -0.2) is 0 Å². The van der Waals surface area contributed by atoms with Crippen LogP contribution in [0.25, 0.3) is 10.9 Å². The third kappa shape index (κ3) is 6.45. The van der Waals surface area contributed by atoms with E-state index in [2.05, 4.69) is 17.2 Å². The van der Waals surface area contributed by atoms with Gasteiger partial charge in [-0.15, -0.1) is 0 Å². The lowest BCUT2D eigenvalue weighted by atomic mass is 10.0. The van der Waals surface area contributed by atoms with Crippen LogP contribution in [0.4, 0.5) is 5.69 Å². The first-order valence-electron chi connectivity index (χ1n) is 11.5. The summed E-state index contributed by atoms with van der Waals surface area (Å²) in [5.74, 6) is 0.207. The fraction of sp³-hybridized carbons (Fsp3) is 0.462. The number of rotatable bonds is 13. The zero-order valence-corrected chi connectivity index (χ0v) is 18.2.